The van der Waals surface area contributed by atoms with Crippen molar-refractivity contribution in [2.24, 2.45) is 5.10 Å². The summed E-state index contributed by atoms with van der Waals surface area (Å²) in [6.07, 6.45) is 1.67. The number of benzene rings is 3. The number of ether oxygens (including phenoxy) is 1. The summed E-state index contributed by atoms with van der Waals surface area (Å²) >= 11 is 0. The molecule has 0 bridgehead atoms. The molecule has 0 unspecified atom stereocenters. The van der Waals surface area contributed by atoms with E-state index in [1.165, 1.54) is 12.1 Å². The first-order valence-corrected chi connectivity index (χ1v) is 8.87. The Hall–Kier alpha value is -4.20. The maximum atomic E-state index is 10.7. The lowest BCUT2D eigenvalue weighted by atomic mass is 10.2. The van der Waals surface area contributed by atoms with Crippen molar-refractivity contribution in [2.45, 2.75) is 6.61 Å². The van der Waals surface area contributed by atoms with Gasteiger partial charge in [-0.25, -0.2) is 10.4 Å². The molecular formula is C21H17N5O3. The Bertz CT molecular complexity index is 1140. The lowest BCUT2D eigenvalue weighted by molar-refractivity contribution is -0.384. The van der Waals surface area contributed by atoms with E-state index in [1.54, 1.807) is 18.3 Å². The Labute approximate surface area is 166 Å². The number of fused-ring (bicyclic) bond motifs is 1. The Morgan fingerprint density at radius 1 is 1.10 bits per heavy atom. The average molecular weight is 387 g/mol. The Morgan fingerprint density at radius 3 is 2.72 bits per heavy atom. The largest absolute Gasteiger partial charge is 0.489 e. The fourth-order valence-corrected chi connectivity index (χ4v) is 2.74. The van der Waals surface area contributed by atoms with Gasteiger partial charge in [-0.1, -0.05) is 24.3 Å². The van der Waals surface area contributed by atoms with Crippen molar-refractivity contribution in [1.29, 1.82) is 0 Å². The first-order chi connectivity index (χ1) is 14.2. The standard InChI is InChI=1S/C21H17N5O3/c27-26(28)17-10-8-15(9-11-17)14-29-18-5-3-4-16(12-18)13-22-25-21-23-19-6-1-2-7-20(19)24-21/h1-13H,14H2,(H2,23,24,25)/b22-13+. The maximum Gasteiger partial charge on any atom is 0.269 e. The van der Waals surface area contributed by atoms with E-state index in [2.05, 4.69) is 20.5 Å². The molecule has 0 aliphatic rings. The van der Waals surface area contributed by atoms with Crippen LogP contribution in [-0.4, -0.2) is 21.1 Å². The number of aromatic amines is 1. The van der Waals surface area contributed by atoms with Gasteiger partial charge in [-0.3, -0.25) is 10.1 Å². The number of nitrogens with one attached hydrogen (secondary N) is 2. The van der Waals surface area contributed by atoms with Gasteiger partial charge in [0, 0.05) is 12.1 Å². The number of H-pyrrole nitrogens is 1. The van der Waals surface area contributed by atoms with E-state index in [1.807, 2.05) is 48.5 Å². The predicted octanol–water partition coefficient (Wildman–Crippen LogP) is 4.50. The summed E-state index contributed by atoms with van der Waals surface area (Å²) in [5, 5.41) is 14.9. The van der Waals surface area contributed by atoms with Crippen LogP contribution in [0.25, 0.3) is 11.0 Å². The first-order valence-electron chi connectivity index (χ1n) is 8.87. The molecule has 144 valence electrons. The zero-order valence-corrected chi connectivity index (χ0v) is 15.3. The second-order valence-corrected chi connectivity index (χ2v) is 6.26. The van der Waals surface area contributed by atoms with E-state index in [0.29, 0.717) is 18.3 Å². The average Bonchev–Trinajstić information content (AvgIpc) is 3.16. The smallest absolute Gasteiger partial charge is 0.269 e. The fraction of sp³-hybridized carbons (Fsp3) is 0.0476. The third-order valence-corrected chi connectivity index (χ3v) is 4.18. The van der Waals surface area contributed by atoms with E-state index in [-0.39, 0.29) is 5.69 Å². The highest BCUT2D eigenvalue weighted by Crippen LogP contribution is 2.17. The van der Waals surface area contributed by atoms with Crippen molar-refractivity contribution in [1.82, 2.24) is 9.97 Å². The predicted molar refractivity (Wildman–Crippen MR) is 111 cm³/mol. The number of nitro groups is 1. The number of imidazole rings is 1. The topological polar surface area (TPSA) is 105 Å². The minimum absolute atomic E-state index is 0.0592. The summed E-state index contributed by atoms with van der Waals surface area (Å²) in [6.45, 7) is 0.315. The molecule has 8 nitrogen and oxygen atoms in total. The van der Waals surface area contributed by atoms with Gasteiger partial charge in [0.05, 0.1) is 22.2 Å². The Kier molecular flexibility index (Phi) is 5.15. The quantitative estimate of drug-likeness (QED) is 0.276. The first kappa shape index (κ1) is 18.2. The molecule has 0 saturated heterocycles. The second-order valence-electron chi connectivity index (χ2n) is 6.26. The van der Waals surface area contributed by atoms with Crippen molar-refractivity contribution in [3.05, 3.63) is 94.0 Å². The van der Waals surface area contributed by atoms with Crippen LogP contribution in [-0.2, 0) is 6.61 Å². The SMILES string of the molecule is O=[N+]([O-])c1ccc(COc2cccc(/C=N/Nc3nc4ccccc4[nH]3)c2)cc1. The summed E-state index contributed by atoms with van der Waals surface area (Å²) in [7, 11) is 0. The molecule has 0 saturated carbocycles. The summed E-state index contributed by atoms with van der Waals surface area (Å²) < 4.78 is 5.77. The number of rotatable bonds is 7. The monoisotopic (exact) mass is 387 g/mol. The highest BCUT2D eigenvalue weighted by molar-refractivity contribution is 5.81. The van der Waals surface area contributed by atoms with E-state index in [0.717, 1.165) is 22.2 Å². The van der Waals surface area contributed by atoms with Crippen LogP contribution in [0.5, 0.6) is 5.75 Å². The van der Waals surface area contributed by atoms with Crippen LogP contribution in [0.15, 0.2) is 77.9 Å². The molecule has 0 fully saturated rings. The third kappa shape index (κ3) is 4.56. The highest BCUT2D eigenvalue weighted by atomic mass is 16.6. The van der Waals surface area contributed by atoms with Gasteiger partial charge in [0.2, 0.25) is 5.95 Å². The molecular weight excluding hydrogens is 370 g/mol. The number of hydrogen-bond donors (Lipinski definition) is 2. The molecule has 2 N–H and O–H groups in total. The van der Waals surface area contributed by atoms with Crippen molar-refractivity contribution >= 4 is 28.9 Å². The van der Waals surface area contributed by atoms with Crippen LogP contribution in [0.3, 0.4) is 0 Å². The number of nitrogens with zero attached hydrogens (tertiary/aromatic N) is 3. The van der Waals surface area contributed by atoms with E-state index >= 15 is 0 Å². The van der Waals surface area contributed by atoms with Gasteiger partial charge in [-0.15, -0.1) is 0 Å². The molecule has 1 aromatic heterocycles. The number of anilines is 1. The number of aromatic nitrogens is 2. The maximum absolute atomic E-state index is 10.7. The van der Waals surface area contributed by atoms with Crippen molar-refractivity contribution in [3.63, 3.8) is 0 Å². The lowest BCUT2D eigenvalue weighted by Crippen LogP contribution is -1.97. The molecule has 0 radical (unpaired) electrons. The molecule has 0 atom stereocenters. The van der Waals surface area contributed by atoms with Crippen LogP contribution >= 0.6 is 0 Å². The molecule has 0 spiro atoms. The summed E-state index contributed by atoms with van der Waals surface area (Å²) in [4.78, 5) is 17.8. The second kappa shape index (κ2) is 8.22. The van der Waals surface area contributed by atoms with Gasteiger partial charge < -0.3 is 9.72 Å². The number of non-ortho nitro benzene ring substituents is 1. The summed E-state index contributed by atoms with van der Waals surface area (Å²) in [5.41, 5.74) is 6.45. The van der Waals surface area contributed by atoms with E-state index < -0.39 is 4.92 Å². The zero-order valence-electron chi connectivity index (χ0n) is 15.3. The third-order valence-electron chi connectivity index (χ3n) is 4.18. The Morgan fingerprint density at radius 2 is 1.93 bits per heavy atom. The van der Waals surface area contributed by atoms with Crippen LogP contribution in [0, 0.1) is 10.1 Å². The van der Waals surface area contributed by atoms with Crippen LogP contribution < -0.4 is 10.2 Å². The lowest BCUT2D eigenvalue weighted by Gasteiger charge is -2.07. The Balaban J connectivity index is 1.36. The zero-order chi connectivity index (χ0) is 20.1. The number of hydrazone groups is 1. The molecule has 8 heteroatoms. The summed E-state index contributed by atoms with van der Waals surface area (Å²) in [5.74, 6) is 1.24. The molecule has 0 aliphatic carbocycles. The van der Waals surface area contributed by atoms with Crippen molar-refractivity contribution in [2.75, 3.05) is 5.43 Å². The van der Waals surface area contributed by atoms with Gasteiger partial charge >= 0.3 is 0 Å². The molecule has 1 heterocycles. The molecule has 4 aromatic rings. The molecule has 0 aliphatic heterocycles. The number of para-hydroxylation sites is 2. The van der Waals surface area contributed by atoms with E-state index in [9.17, 15) is 10.1 Å². The fourth-order valence-electron chi connectivity index (χ4n) is 2.74. The van der Waals surface area contributed by atoms with Crippen molar-refractivity contribution in [3.8, 4) is 5.75 Å². The van der Waals surface area contributed by atoms with Crippen molar-refractivity contribution < 1.29 is 9.66 Å². The molecule has 4 rings (SSSR count). The summed E-state index contributed by atoms with van der Waals surface area (Å²) in [6, 6.07) is 21.5. The van der Waals surface area contributed by atoms with Crippen LogP contribution in [0.4, 0.5) is 11.6 Å². The number of nitro benzene ring substituents is 1. The van der Waals surface area contributed by atoms with Gasteiger partial charge in [0.15, 0.2) is 0 Å². The molecule has 3 aromatic carbocycles. The van der Waals surface area contributed by atoms with E-state index in [4.69, 9.17) is 4.74 Å². The minimum Gasteiger partial charge on any atom is -0.489 e. The van der Waals surface area contributed by atoms with Gasteiger partial charge in [-0.2, -0.15) is 5.10 Å². The normalized spacial score (nSPS) is 11.0. The highest BCUT2D eigenvalue weighted by Gasteiger charge is 2.04. The number of hydrogen-bond acceptors (Lipinski definition) is 6. The minimum atomic E-state index is -0.424. The van der Waals surface area contributed by atoms with Gasteiger partial charge in [0.1, 0.15) is 12.4 Å². The molecule has 29 heavy (non-hydrogen) atoms. The van der Waals surface area contributed by atoms with Crippen LogP contribution in [0.1, 0.15) is 11.1 Å². The van der Waals surface area contributed by atoms with Gasteiger partial charge in [0.25, 0.3) is 5.69 Å². The van der Waals surface area contributed by atoms with Gasteiger partial charge in [-0.05, 0) is 47.5 Å². The molecule has 0 amide bonds. The van der Waals surface area contributed by atoms with Crippen LogP contribution in [0.2, 0.25) is 0 Å².